The van der Waals surface area contributed by atoms with Crippen molar-refractivity contribution in [1.29, 1.82) is 0 Å². The number of fused-ring (bicyclic) bond motifs is 1. The van der Waals surface area contributed by atoms with Gasteiger partial charge in [0.15, 0.2) is 11.4 Å². The van der Waals surface area contributed by atoms with Crippen LogP contribution in [0.15, 0.2) is 18.2 Å². The van der Waals surface area contributed by atoms with E-state index in [2.05, 4.69) is 0 Å². The van der Waals surface area contributed by atoms with E-state index in [9.17, 15) is 33.2 Å². The molecule has 0 unspecified atom stereocenters. The van der Waals surface area contributed by atoms with Crippen molar-refractivity contribution in [3.63, 3.8) is 0 Å². The number of carboxylic acids is 1. The molecule has 2 aliphatic heterocycles. The van der Waals surface area contributed by atoms with Crippen molar-refractivity contribution in [2.75, 3.05) is 39.9 Å². The minimum atomic E-state index is -5.08. The quantitative estimate of drug-likeness (QED) is 0.353. The van der Waals surface area contributed by atoms with Gasteiger partial charge in [-0.1, -0.05) is 6.07 Å². The fourth-order valence-corrected chi connectivity index (χ4v) is 3.62. The first-order chi connectivity index (χ1) is 15.1. The Kier molecular flexibility index (Phi) is 7.48. The highest BCUT2D eigenvalue weighted by molar-refractivity contribution is 5.90. The van der Waals surface area contributed by atoms with Gasteiger partial charge in [0.05, 0.1) is 18.1 Å². The Morgan fingerprint density at radius 1 is 1.27 bits per heavy atom. The molecule has 1 aromatic rings. The molecule has 3 rings (SSSR count). The largest absolute Gasteiger partial charge is 0.502 e. The van der Waals surface area contributed by atoms with Gasteiger partial charge in [-0.15, -0.1) is 0 Å². The minimum Gasteiger partial charge on any atom is -0.502 e. The van der Waals surface area contributed by atoms with E-state index < -0.39 is 52.3 Å². The van der Waals surface area contributed by atoms with E-state index in [4.69, 9.17) is 14.6 Å². The Morgan fingerprint density at radius 2 is 1.88 bits per heavy atom. The van der Waals surface area contributed by atoms with Gasteiger partial charge in [0, 0.05) is 39.4 Å². The van der Waals surface area contributed by atoms with Crippen molar-refractivity contribution in [2.24, 2.45) is 0 Å². The average Bonchev–Trinajstić information content (AvgIpc) is 3.03. The monoisotopic (exact) mass is 485 g/mol. The minimum absolute atomic E-state index is 0.0637. The predicted octanol–water partition coefficient (Wildman–Crippen LogP) is 1.65. The van der Waals surface area contributed by atoms with Gasteiger partial charge in [0.1, 0.15) is 0 Å². The second-order valence-corrected chi connectivity index (χ2v) is 7.51. The summed E-state index contributed by atoms with van der Waals surface area (Å²) in [4.78, 5) is 33.8. The van der Waals surface area contributed by atoms with E-state index in [0.29, 0.717) is 5.56 Å². The van der Waals surface area contributed by atoms with Gasteiger partial charge < -0.3 is 19.8 Å². The van der Waals surface area contributed by atoms with Crippen LogP contribution >= 0.6 is 0 Å². The normalized spacial score (nSPS) is 24.9. The summed E-state index contributed by atoms with van der Waals surface area (Å²) in [5, 5.41) is 27.5. The van der Waals surface area contributed by atoms with E-state index in [1.165, 1.54) is 24.1 Å². The number of nitro groups is 1. The predicted molar refractivity (Wildman–Crippen MR) is 99.9 cm³/mol. The Hall–Kier alpha value is -3.07. The molecule has 0 spiro atoms. The molecule has 15 heteroatoms. The Labute approximate surface area is 183 Å². The lowest BCUT2D eigenvalue weighted by atomic mass is 9.93. The number of benzene rings is 1. The molecule has 0 aromatic heterocycles. The first kappa shape index (κ1) is 26.2. The molecule has 0 bridgehead atoms. The van der Waals surface area contributed by atoms with E-state index in [1.807, 2.05) is 0 Å². The molecule has 0 aliphatic carbocycles. The van der Waals surface area contributed by atoms with E-state index >= 15 is 8.78 Å². The van der Waals surface area contributed by atoms with Crippen molar-refractivity contribution >= 4 is 17.6 Å². The number of phenolic OH excluding ortho intramolecular Hbond substituents is 1. The van der Waals surface area contributed by atoms with Crippen molar-refractivity contribution in [1.82, 2.24) is 9.80 Å². The number of methoxy groups -OCH3 is 1. The van der Waals surface area contributed by atoms with Crippen molar-refractivity contribution < 1.29 is 51.4 Å². The number of hydrogen-bond acceptors (Lipinski definition) is 7. The van der Waals surface area contributed by atoms with Gasteiger partial charge in [-0.05, 0) is 11.6 Å². The molecular formula is C18H20F5N3O7. The molecule has 184 valence electrons. The topological polar surface area (TPSA) is 133 Å². The number of amides is 1. The number of carbonyl (C=O) groups excluding carboxylic acids is 1. The van der Waals surface area contributed by atoms with Crippen LogP contribution in [0.2, 0.25) is 0 Å². The number of carbonyl (C=O) groups is 2. The van der Waals surface area contributed by atoms with Crippen LogP contribution in [-0.4, -0.2) is 94.2 Å². The number of ether oxygens (including phenoxy) is 1. The number of aliphatic carboxylic acids is 1. The highest BCUT2D eigenvalue weighted by Crippen LogP contribution is 2.45. The van der Waals surface area contributed by atoms with E-state index in [-0.39, 0.29) is 32.8 Å². The number of nitrogens with zero attached hydrogens (tertiary/aromatic N) is 3. The van der Waals surface area contributed by atoms with Crippen LogP contribution in [0.25, 0.3) is 0 Å². The third kappa shape index (κ3) is 5.47. The number of halogens is 5. The molecule has 0 radical (unpaired) electrons. The number of likely N-dealkylation sites (tertiary alicyclic amines) is 2. The summed E-state index contributed by atoms with van der Waals surface area (Å²) in [5.41, 5.74) is -4.92. The van der Waals surface area contributed by atoms with Crippen LogP contribution in [0.4, 0.5) is 27.6 Å². The molecule has 33 heavy (non-hydrogen) atoms. The molecule has 1 aromatic carbocycles. The van der Waals surface area contributed by atoms with Crippen LogP contribution in [0.1, 0.15) is 5.56 Å². The average molecular weight is 485 g/mol. The standard InChI is InChI=1S/C16H19F2N3O5.C2HF3O2/c1-26-5-4-20-9-15(17)8-19(10-16(15,18)14(20)23)7-11-2-3-12(21(24)25)13(22)6-11;3-2(4,5)1(6)7/h2-3,6,22H,4-5,7-10H2,1H3;(H,6,7)/t15-,16+;/m0./s1. The zero-order valence-corrected chi connectivity index (χ0v) is 17.1. The summed E-state index contributed by atoms with van der Waals surface area (Å²) < 4.78 is 66.9. The molecule has 0 saturated carbocycles. The van der Waals surface area contributed by atoms with Gasteiger partial charge in [0.2, 0.25) is 5.67 Å². The second-order valence-electron chi connectivity index (χ2n) is 7.51. The molecule has 10 nitrogen and oxygen atoms in total. The fraction of sp³-hybridized carbons (Fsp3) is 0.556. The number of alkyl halides is 5. The number of nitro benzene ring substituents is 1. The lowest BCUT2D eigenvalue weighted by molar-refractivity contribution is -0.385. The van der Waals surface area contributed by atoms with Gasteiger partial charge in [-0.2, -0.15) is 13.2 Å². The molecular weight excluding hydrogens is 465 g/mol. The maximum Gasteiger partial charge on any atom is 0.490 e. The van der Waals surface area contributed by atoms with Crippen LogP contribution < -0.4 is 0 Å². The molecule has 2 fully saturated rings. The zero-order valence-electron chi connectivity index (χ0n) is 17.1. The van der Waals surface area contributed by atoms with Crippen LogP contribution in [0, 0.1) is 10.1 Å². The van der Waals surface area contributed by atoms with E-state index in [0.717, 1.165) is 11.0 Å². The number of aromatic hydroxyl groups is 1. The summed E-state index contributed by atoms with van der Waals surface area (Å²) in [6.07, 6.45) is -5.08. The molecule has 2 atom stereocenters. The fourth-order valence-electron chi connectivity index (χ4n) is 3.62. The summed E-state index contributed by atoms with van der Waals surface area (Å²) >= 11 is 0. The summed E-state index contributed by atoms with van der Waals surface area (Å²) in [5.74, 6) is -4.16. The van der Waals surface area contributed by atoms with Crippen LogP contribution in [0.5, 0.6) is 5.75 Å². The second kappa shape index (κ2) is 9.43. The summed E-state index contributed by atoms with van der Waals surface area (Å²) in [7, 11) is 1.44. The zero-order chi connectivity index (χ0) is 25.2. The van der Waals surface area contributed by atoms with Crippen molar-refractivity contribution in [2.45, 2.75) is 24.1 Å². The molecule has 2 heterocycles. The third-order valence-electron chi connectivity index (χ3n) is 5.14. The highest BCUT2D eigenvalue weighted by Gasteiger charge is 2.70. The SMILES string of the molecule is COCCN1C[C@@]2(F)CN(Cc3ccc([N+](=O)[O-])c(O)c3)C[C@@]2(F)C1=O.O=C(O)C(F)(F)F. The lowest BCUT2D eigenvalue weighted by Gasteiger charge is -2.22. The number of phenols is 1. The number of carboxylic acid groups (broad SMARTS) is 1. The highest BCUT2D eigenvalue weighted by atomic mass is 19.4. The molecule has 1 amide bonds. The van der Waals surface area contributed by atoms with Crippen molar-refractivity contribution in [3.8, 4) is 5.75 Å². The first-order valence-electron chi connectivity index (χ1n) is 9.29. The Balaban J connectivity index is 0.000000479. The Bertz CT molecular complexity index is 931. The lowest BCUT2D eigenvalue weighted by Crippen LogP contribution is -2.47. The van der Waals surface area contributed by atoms with Crippen LogP contribution in [0.3, 0.4) is 0 Å². The molecule has 2 saturated heterocycles. The number of hydrogen-bond donors (Lipinski definition) is 2. The summed E-state index contributed by atoms with van der Waals surface area (Å²) in [6, 6.07) is 3.73. The summed E-state index contributed by atoms with van der Waals surface area (Å²) in [6.45, 7) is -0.644. The van der Waals surface area contributed by atoms with Crippen LogP contribution in [-0.2, 0) is 20.9 Å². The number of rotatable bonds is 6. The van der Waals surface area contributed by atoms with Gasteiger partial charge in [-0.3, -0.25) is 19.8 Å². The Morgan fingerprint density at radius 3 is 2.33 bits per heavy atom. The van der Waals surface area contributed by atoms with E-state index in [1.54, 1.807) is 0 Å². The molecule has 2 aliphatic rings. The van der Waals surface area contributed by atoms with Gasteiger partial charge >= 0.3 is 17.8 Å². The molecule has 2 N–H and O–H groups in total. The van der Waals surface area contributed by atoms with Gasteiger partial charge in [-0.25, -0.2) is 13.6 Å². The maximum atomic E-state index is 15.2. The smallest absolute Gasteiger partial charge is 0.490 e. The van der Waals surface area contributed by atoms with Gasteiger partial charge in [0.25, 0.3) is 5.91 Å². The third-order valence-corrected chi connectivity index (χ3v) is 5.14. The first-order valence-corrected chi connectivity index (χ1v) is 9.29. The maximum absolute atomic E-state index is 15.2. The van der Waals surface area contributed by atoms with Crippen molar-refractivity contribution in [3.05, 3.63) is 33.9 Å².